The number of hydrogen-bond donors (Lipinski definition) is 2. The lowest BCUT2D eigenvalue weighted by molar-refractivity contribution is 0.0981. The predicted molar refractivity (Wildman–Crippen MR) is 102 cm³/mol. The first-order chi connectivity index (χ1) is 12.3. The summed E-state index contributed by atoms with van der Waals surface area (Å²) in [6, 6.07) is 9.67. The van der Waals surface area contributed by atoms with Crippen molar-refractivity contribution < 1.29 is 9.90 Å². The predicted octanol–water partition coefficient (Wildman–Crippen LogP) is 3.49. The van der Waals surface area contributed by atoms with Crippen LogP contribution in [0, 0.1) is 0 Å². The minimum atomic E-state index is -0.243. The van der Waals surface area contributed by atoms with Gasteiger partial charge in [-0.15, -0.1) is 0 Å². The molecule has 26 heavy (non-hydrogen) atoms. The molecule has 138 valence electrons. The monoisotopic (exact) mass is 353 g/mol. The van der Waals surface area contributed by atoms with E-state index in [0.717, 1.165) is 41.9 Å². The zero-order chi connectivity index (χ0) is 18.5. The standard InChI is InChI=1S/C21H27N3O2/c1-21(2,3)24-19(12-17(23-24)14-8-9-15(25)10-14)22-18-11-13-6-4-5-7-16(13)20(18)26/h4-7,12,14-15,18,22,25H,8-11H2,1-3H3/t14-,15+,18?/m0/s1. The lowest BCUT2D eigenvalue weighted by Crippen LogP contribution is -2.31. The van der Waals surface area contributed by atoms with Gasteiger partial charge < -0.3 is 10.4 Å². The van der Waals surface area contributed by atoms with Gasteiger partial charge in [0.2, 0.25) is 0 Å². The van der Waals surface area contributed by atoms with E-state index in [-0.39, 0.29) is 23.5 Å². The Balaban J connectivity index is 1.62. The van der Waals surface area contributed by atoms with E-state index in [1.165, 1.54) is 0 Å². The van der Waals surface area contributed by atoms with Crippen molar-refractivity contribution in [2.45, 2.75) is 70.1 Å². The number of nitrogens with one attached hydrogen (secondary N) is 1. The fourth-order valence-corrected chi connectivity index (χ4v) is 4.17. The van der Waals surface area contributed by atoms with E-state index in [9.17, 15) is 9.90 Å². The van der Waals surface area contributed by atoms with Crippen LogP contribution < -0.4 is 5.32 Å². The summed E-state index contributed by atoms with van der Waals surface area (Å²) in [5.74, 6) is 1.34. The molecule has 0 amide bonds. The topological polar surface area (TPSA) is 67.2 Å². The molecule has 0 radical (unpaired) electrons. The normalized spacial score (nSPS) is 25.5. The Hall–Kier alpha value is -2.14. The number of aromatic nitrogens is 2. The molecule has 1 aromatic heterocycles. The van der Waals surface area contributed by atoms with Gasteiger partial charge in [-0.2, -0.15) is 5.10 Å². The number of Topliss-reactive ketones (excluding diaryl/α,β-unsaturated/α-hetero) is 1. The molecule has 1 aromatic carbocycles. The molecule has 2 aliphatic rings. The fraction of sp³-hybridized carbons (Fsp3) is 0.524. The van der Waals surface area contributed by atoms with Crippen molar-refractivity contribution in [2.24, 2.45) is 0 Å². The van der Waals surface area contributed by atoms with E-state index < -0.39 is 0 Å². The minimum absolute atomic E-state index is 0.153. The highest BCUT2D eigenvalue weighted by Crippen LogP contribution is 2.36. The van der Waals surface area contributed by atoms with Crippen LogP contribution in [0.3, 0.4) is 0 Å². The quantitative estimate of drug-likeness (QED) is 0.886. The van der Waals surface area contributed by atoms with Crippen molar-refractivity contribution in [3.63, 3.8) is 0 Å². The van der Waals surface area contributed by atoms with Crippen molar-refractivity contribution in [1.82, 2.24) is 9.78 Å². The molecule has 0 spiro atoms. The van der Waals surface area contributed by atoms with E-state index in [0.29, 0.717) is 12.3 Å². The van der Waals surface area contributed by atoms with Crippen molar-refractivity contribution in [3.05, 3.63) is 47.2 Å². The molecule has 2 N–H and O–H groups in total. The van der Waals surface area contributed by atoms with Gasteiger partial charge in [-0.25, -0.2) is 4.68 Å². The zero-order valence-corrected chi connectivity index (χ0v) is 15.7. The van der Waals surface area contributed by atoms with Crippen LogP contribution in [0.2, 0.25) is 0 Å². The number of carbonyl (C=O) groups excluding carboxylic acids is 1. The first-order valence-electron chi connectivity index (χ1n) is 9.50. The maximum Gasteiger partial charge on any atom is 0.185 e. The van der Waals surface area contributed by atoms with Gasteiger partial charge >= 0.3 is 0 Å². The number of carbonyl (C=O) groups is 1. The number of benzene rings is 1. The van der Waals surface area contributed by atoms with Crippen LogP contribution in [0.4, 0.5) is 5.82 Å². The molecule has 5 heteroatoms. The van der Waals surface area contributed by atoms with Gasteiger partial charge in [-0.3, -0.25) is 4.79 Å². The average molecular weight is 353 g/mol. The molecule has 0 aliphatic heterocycles. The highest BCUT2D eigenvalue weighted by atomic mass is 16.3. The highest BCUT2D eigenvalue weighted by molar-refractivity contribution is 6.05. The van der Waals surface area contributed by atoms with Crippen LogP contribution in [0.1, 0.15) is 67.6 Å². The molecule has 1 unspecified atom stereocenters. The molecule has 3 atom stereocenters. The average Bonchev–Trinajstić information content (AvgIpc) is 3.26. The van der Waals surface area contributed by atoms with Crippen LogP contribution in [0.15, 0.2) is 30.3 Å². The second-order valence-corrected chi connectivity index (χ2v) is 8.62. The third-order valence-corrected chi connectivity index (χ3v) is 5.53. The summed E-state index contributed by atoms with van der Waals surface area (Å²) >= 11 is 0. The fourth-order valence-electron chi connectivity index (χ4n) is 4.17. The highest BCUT2D eigenvalue weighted by Gasteiger charge is 2.33. The molecule has 5 nitrogen and oxygen atoms in total. The molecule has 1 saturated carbocycles. The van der Waals surface area contributed by atoms with Crippen LogP contribution in [-0.2, 0) is 12.0 Å². The van der Waals surface area contributed by atoms with Crippen LogP contribution in [-0.4, -0.2) is 32.8 Å². The maximum atomic E-state index is 12.7. The lowest BCUT2D eigenvalue weighted by atomic mass is 10.0. The van der Waals surface area contributed by atoms with Gasteiger partial charge in [0.1, 0.15) is 5.82 Å². The SMILES string of the molecule is CC(C)(C)n1nc([C@H]2CC[C@@H](O)C2)cc1NC1Cc2ccccc2C1=O. The molecule has 1 heterocycles. The van der Waals surface area contributed by atoms with E-state index >= 15 is 0 Å². The number of aliphatic hydroxyl groups is 1. The van der Waals surface area contributed by atoms with Gasteiger partial charge in [-0.05, 0) is 45.6 Å². The summed E-state index contributed by atoms with van der Waals surface area (Å²) < 4.78 is 1.99. The maximum absolute atomic E-state index is 12.7. The van der Waals surface area contributed by atoms with Crippen LogP contribution in [0.25, 0.3) is 0 Å². The Labute approximate surface area is 154 Å². The van der Waals surface area contributed by atoms with Crippen LogP contribution in [0.5, 0.6) is 0 Å². The number of aliphatic hydroxyl groups excluding tert-OH is 1. The Morgan fingerprint density at radius 2 is 2.00 bits per heavy atom. The summed E-state index contributed by atoms with van der Waals surface area (Å²) in [7, 11) is 0. The van der Waals surface area contributed by atoms with Crippen LogP contribution >= 0.6 is 0 Å². The lowest BCUT2D eigenvalue weighted by Gasteiger charge is -2.24. The molecule has 0 saturated heterocycles. The minimum Gasteiger partial charge on any atom is -0.393 e. The molecule has 1 fully saturated rings. The van der Waals surface area contributed by atoms with Gasteiger partial charge in [0.15, 0.2) is 5.78 Å². The van der Waals surface area contributed by atoms with Crippen molar-refractivity contribution in [1.29, 1.82) is 0 Å². The van der Waals surface area contributed by atoms with Crippen molar-refractivity contribution in [2.75, 3.05) is 5.32 Å². The number of fused-ring (bicyclic) bond motifs is 1. The largest absolute Gasteiger partial charge is 0.393 e. The molecule has 4 rings (SSSR count). The summed E-state index contributed by atoms with van der Waals surface area (Å²) in [5, 5.41) is 18.2. The molecular weight excluding hydrogens is 326 g/mol. The Morgan fingerprint density at radius 1 is 1.23 bits per heavy atom. The zero-order valence-electron chi connectivity index (χ0n) is 15.7. The van der Waals surface area contributed by atoms with E-state index in [4.69, 9.17) is 5.10 Å². The third-order valence-electron chi connectivity index (χ3n) is 5.53. The van der Waals surface area contributed by atoms with Gasteiger partial charge in [-0.1, -0.05) is 24.3 Å². The summed E-state index contributed by atoms with van der Waals surface area (Å²) in [6.07, 6.45) is 3.07. The van der Waals surface area contributed by atoms with E-state index in [1.807, 2.05) is 28.9 Å². The number of anilines is 1. The smallest absolute Gasteiger partial charge is 0.185 e. The Bertz CT molecular complexity index is 834. The molecule has 2 aliphatic carbocycles. The Kier molecular flexibility index (Phi) is 4.14. The molecule has 0 bridgehead atoms. The number of rotatable bonds is 3. The van der Waals surface area contributed by atoms with Gasteiger partial charge in [0.25, 0.3) is 0 Å². The van der Waals surface area contributed by atoms with E-state index in [2.05, 4.69) is 32.2 Å². The summed E-state index contributed by atoms with van der Waals surface area (Å²) in [5.41, 5.74) is 2.76. The van der Waals surface area contributed by atoms with Crippen molar-refractivity contribution >= 4 is 11.6 Å². The van der Waals surface area contributed by atoms with Gasteiger partial charge in [0.05, 0.1) is 23.4 Å². The van der Waals surface area contributed by atoms with Gasteiger partial charge in [0, 0.05) is 24.0 Å². The Morgan fingerprint density at radius 3 is 2.65 bits per heavy atom. The van der Waals surface area contributed by atoms with E-state index in [1.54, 1.807) is 0 Å². The second-order valence-electron chi connectivity index (χ2n) is 8.62. The first kappa shape index (κ1) is 17.3. The number of hydrogen-bond acceptors (Lipinski definition) is 4. The number of ketones is 1. The molecular formula is C21H27N3O2. The molecule has 2 aromatic rings. The third kappa shape index (κ3) is 3.05. The number of nitrogens with zero attached hydrogens (tertiary/aromatic N) is 2. The summed E-state index contributed by atoms with van der Waals surface area (Å²) in [4.78, 5) is 12.7. The first-order valence-corrected chi connectivity index (χ1v) is 9.50. The van der Waals surface area contributed by atoms with Crippen molar-refractivity contribution in [3.8, 4) is 0 Å². The second kappa shape index (κ2) is 6.23. The summed E-state index contributed by atoms with van der Waals surface area (Å²) in [6.45, 7) is 6.34.